The first-order valence-electron chi connectivity index (χ1n) is 11.1. The van der Waals surface area contributed by atoms with E-state index >= 15 is 0 Å². The number of para-hydroxylation sites is 4. The maximum absolute atomic E-state index is 12.6. The molecule has 33 heavy (non-hydrogen) atoms. The smallest absolute Gasteiger partial charge is 0.240 e. The van der Waals surface area contributed by atoms with Gasteiger partial charge in [0.15, 0.2) is 11.5 Å². The number of aryl methyl sites for hydroxylation is 1. The van der Waals surface area contributed by atoms with E-state index in [0.29, 0.717) is 30.5 Å². The summed E-state index contributed by atoms with van der Waals surface area (Å²) in [6, 6.07) is 15.2. The van der Waals surface area contributed by atoms with E-state index in [-0.39, 0.29) is 12.5 Å². The summed E-state index contributed by atoms with van der Waals surface area (Å²) in [6.07, 6.45) is -0.609. The number of carbonyl (C=O) groups is 1. The molecule has 0 bridgehead atoms. The fourth-order valence-electron chi connectivity index (χ4n) is 4.03. The molecule has 3 aromatic rings. The summed E-state index contributed by atoms with van der Waals surface area (Å²) in [5.41, 5.74) is 1.84. The predicted octanol–water partition coefficient (Wildman–Crippen LogP) is 1.58. The van der Waals surface area contributed by atoms with Gasteiger partial charge in [-0.2, -0.15) is 0 Å². The first kappa shape index (κ1) is 23.0. The lowest BCUT2D eigenvalue weighted by molar-refractivity contribution is -0.117. The molecule has 1 aliphatic heterocycles. The molecule has 2 aromatic carbocycles. The molecule has 2 N–H and O–H groups in total. The van der Waals surface area contributed by atoms with Gasteiger partial charge in [-0.15, -0.1) is 0 Å². The lowest BCUT2D eigenvalue weighted by Crippen LogP contribution is -2.50. The van der Waals surface area contributed by atoms with Crippen LogP contribution in [-0.2, 0) is 11.8 Å². The molecule has 0 radical (unpaired) electrons. The number of imidazole rings is 1. The minimum atomic E-state index is -0.609. The third kappa shape index (κ3) is 5.81. The Morgan fingerprint density at radius 1 is 1.06 bits per heavy atom. The summed E-state index contributed by atoms with van der Waals surface area (Å²) in [7, 11) is 3.49. The van der Waals surface area contributed by atoms with Gasteiger partial charge >= 0.3 is 0 Å². The van der Waals surface area contributed by atoms with E-state index in [9.17, 15) is 9.90 Å². The highest BCUT2D eigenvalue weighted by Gasteiger charge is 2.22. The van der Waals surface area contributed by atoms with Crippen LogP contribution in [0.3, 0.4) is 0 Å². The molecule has 9 heteroatoms. The van der Waals surface area contributed by atoms with Crippen LogP contribution in [0.2, 0.25) is 0 Å². The molecular formula is C24H31N5O4. The molecule has 1 aliphatic rings. The number of aliphatic hydroxyl groups is 1. The fourth-order valence-corrected chi connectivity index (χ4v) is 4.03. The van der Waals surface area contributed by atoms with Gasteiger partial charge in [-0.3, -0.25) is 19.9 Å². The van der Waals surface area contributed by atoms with Gasteiger partial charge in [0.1, 0.15) is 12.7 Å². The van der Waals surface area contributed by atoms with Gasteiger partial charge in [0, 0.05) is 39.8 Å². The number of methoxy groups -OCH3 is 1. The average Bonchev–Trinajstić information content (AvgIpc) is 3.14. The number of carbonyl (C=O) groups excluding carboxylic acids is 1. The molecule has 176 valence electrons. The van der Waals surface area contributed by atoms with Crippen LogP contribution in [0.5, 0.6) is 11.5 Å². The van der Waals surface area contributed by atoms with E-state index < -0.39 is 6.10 Å². The first-order chi connectivity index (χ1) is 16.0. The average molecular weight is 454 g/mol. The van der Waals surface area contributed by atoms with Crippen molar-refractivity contribution in [3.8, 4) is 11.5 Å². The van der Waals surface area contributed by atoms with Crippen LogP contribution in [0.1, 0.15) is 0 Å². The number of ether oxygens (including phenoxy) is 2. The lowest BCUT2D eigenvalue weighted by atomic mass is 10.2. The maximum atomic E-state index is 12.6. The van der Waals surface area contributed by atoms with E-state index in [4.69, 9.17) is 9.47 Å². The molecule has 1 saturated heterocycles. The third-order valence-electron chi connectivity index (χ3n) is 5.84. The van der Waals surface area contributed by atoms with Crippen molar-refractivity contribution in [2.24, 2.45) is 7.05 Å². The topological polar surface area (TPSA) is 92.1 Å². The normalized spacial score (nSPS) is 16.0. The van der Waals surface area contributed by atoms with Crippen molar-refractivity contribution in [1.82, 2.24) is 19.4 Å². The van der Waals surface area contributed by atoms with Gasteiger partial charge < -0.3 is 19.1 Å². The van der Waals surface area contributed by atoms with E-state index in [2.05, 4.69) is 20.1 Å². The summed E-state index contributed by atoms with van der Waals surface area (Å²) in [5, 5.41) is 13.3. The Morgan fingerprint density at radius 3 is 2.45 bits per heavy atom. The standard InChI is InChI=1S/C24H31N5O4/c1-27-20-8-4-3-7-19(20)25-24(27)26-23(31)16-29-13-11-28(12-14-29)15-18(30)17-33-22-10-6-5-9-21(22)32-2/h3-10,18,30H,11-17H2,1-2H3,(H,25,26,31). The molecule has 2 heterocycles. The quantitative estimate of drug-likeness (QED) is 0.508. The number of fused-ring (bicyclic) bond motifs is 1. The molecule has 1 unspecified atom stereocenters. The van der Waals surface area contributed by atoms with Crippen molar-refractivity contribution in [1.29, 1.82) is 0 Å². The Balaban J connectivity index is 1.19. The Hall–Kier alpha value is -3.14. The van der Waals surface area contributed by atoms with E-state index in [0.717, 1.165) is 37.2 Å². The van der Waals surface area contributed by atoms with Gasteiger partial charge in [-0.1, -0.05) is 24.3 Å². The van der Waals surface area contributed by atoms with Crippen LogP contribution in [0, 0.1) is 0 Å². The Morgan fingerprint density at radius 2 is 1.73 bits per heavy atom. The third-order valence-corrected chi connectivity index (χ3v) is 5.84. The minimum Gasteiger partial charge on any atom is -0.493 e. The molecule has 1 atom stereocenters. The number of aliphatic hydroxyl groups excluding tert-OH is 1. The summed E-state index contributed by atoms with van der Waals surface area (Å²) >= 11 is 0. The Labute approximate surface area is 193 Å². The molecule has 4 rings (SSSR count). The Bertz CT molecular complexity index is 1080. The van der Waals surface area contributed by atoms with Gasteiger partial charge in [0.2, 0.25) is 11.9 Å². The lowest BCUT2D eigenvalue weighted by Gasteiger charge is -2.35. The minimum absolute atomic E-state index is 0.0768. The maximum Gasteiger partial charge on any atom is 0.240 e. The second kappa shape index (κ2) is 10.7. The number of nitrogens with zero attached hydrogens (tertiary/aromatic N) is 4. The van der Waals surface area contributed by atoms with Crippen molar-refractivity contribution in [2.45, 2.75) is 6.10 Å². The van der Waals surface area contributed by atoms with Crippen LogP contribution in [-0.4, -0.2) is 89.5 Å². The molecular weight excluding hydrogens is 422 g/mol. The van der Waals surface area contributed by atoms with Crippen molar-refractivity contribution >= 4 is 22.9 Å². The van der Waals surface area contributed by atoms with Crippen LogP contribution in [0.25, 0.3) is 11.0 Å². The van der Waals surface area contributed by atoms with Crippen LogP contribution in [0.4, 0.5) is 5.95 Å². The summed E-state index contributed by atoms with van der Waals surface area (Å²) < 4.78 is 12.9. The van der Waals surface area contributed by atoms with Gasteiger partial charge in [0.05, 0.1) is 24.7 Å². The molecule has 1 aromatic heterocycles. The number of nitrogens with one attached hydrogen (secondary N) is 1. The van der Waals surface area contributed by atoms with Gasteiger partial charge in [0.25, 0.3) is 0 Å². The number of amides is 1. The first-order valence-corrected chi connectivity index (χ1v) is 11.1. The highest BCUT2D eigenvalue weighted by molar-refractivity contribution is 5.92. The molecule has 9 nitrogen and oxygen atoms in total. The van der Waals surface area contributed by atoms with Crippen molar-refractivity contribution in [3.63, 3.8) is 0 Å². The summed E-state index contributed by atoms with van der Waals surface area (Å²) in [6.45, 7) is 4.12. The summed E-state index contributed by atoms with van der Waals surface area (Å²) in [5.74, 6) is 1.75. The number of hydrogen-bond acceptors (Lipinski definition) is 7. The van der Waals surface area contributed by atoms with Crippen LogP contribution >= 0.6 is 0 Å². The Kier molecular flexibility index (Phi) is 7.43. The fraction of sp³-hybridized carbons (Fsp3) is 0.417. The molecule has 1 amide bonds. The number of hydrogen-bond donors (Lipinski definition) is 2. The van der Waals surface area contributed by atoms with E-state index in [1.54, 1.807) is 7.11 Å². The molecule has 0 aliphatic carbocycles. The highest BCUT2D eigenvalue weighted by atomic mass is 16.5. The van der Waals surface area contributed by atoms with Gasteiger partial charge in [-0.25, -0.2) is 4.98 Å². The zero-order valence-corrected chi connectivity index (χ0v) is 19.1. The molecule has 0 spiro atoms. The zero-order chi connectivity index (χ0) is 23.2. The molecule has 0 saturated carbocycles. The van der Waals surface area contributed by atoms with Crippen LogP contribution in [0.15, 0.2) is 48.5 Å². The second-order valence-electron chi connectivity index (χ2n) is 8.22. The van der Waals surface area contributed by atoms with Crippen molar-refractivity contribution < 1.29 is 19.4 Å². The number of β-amino-alcohol motifs (C(OH)–C–C–N with tert-alkyl or cyclic N) is 1. The molecule has 1 fully saturated rings. The number of aromatic nitrogens is 2. The SMILES string of the molecule is COc1ccccc1OCC(O)CN1CCN(CC(=O)Nc2nc3ccccc3n2C)CC1. The van der Waals surface area contributed by atoms with Crippen molar-refractivity contribution in [3.05, 3.63) is 48.5 Å². The summed E-state index contributed by atoms with van der Waals surface area (Å²) in [4.78, 5) is 21.4. The second-order valence-corrected chi connectivity index (χ2v) is 8.22. The largest absolute Gasteiger partial charge is 0.493 e. The predicted molar refractivity (Wildman–Crippen MR) is 127 cm³/mol. The van der Waals surface area contributed by atoms with E-state index in [1.165, 1.54) is 0 Å². The zero-order valence-electron chi connectivity index (χ0n) is 19.1. The van der Waals surface area contributed by atoms with E-state index in [1.807, 2.05) is 60.1 Å². The monoisotopic (exact) mass is 453 g/mol. The number of rotatable bonds is 9. The number of anilines is 1. The number of benzene rings is 2. The van der Waals surface area contributed by atoms with Gasteiger partial charge in [-0.05, 0) is 24.3 Å². The van der Waals surface area contributed by atoms with Crippen LogP contribution < -0.4 is 14.8 Å². The number of piperazine rings is 1. The van der Waals surface area contributed by atoms with Crippen molar-refractivity contribution in [2.75, 3.05) is 58.3 Å². The highest BCUT2D eigenvalue weighted by Crippen LogP contribution is 2.25.